The van der Waals surface area contributed by atoms with E-state index in [0.717, 1.165) is 52.9 Å². The van der Waals surface area contributed by atoms with E-state index >= 15 is 0 Å². The molecule has 2 amide bonds. The van der Waals surface area contributed by atoms with E-state index in [1.807, 2.05) is 109 Å². The van der Waals surface area contributed by atoms with Crippen molar-refractivity contribution in [3.05, 3.63) is 131 Å². The van der Waals surface area contributed by atoms with Gasteiger partial charge in [-0.15, -0.1) is 0 Å². The molecular weight excluding hydrogens is 432 g/mol. The molecule has 0 aromatic heterocycles. The third-order valence-electron chi connectivity index (χ3n) is 5.85. The minimum atomic E-state index is 0.0167. The van der Waals surface area contributed by atoms with E-state index in [2.05, 4.69) is 10.6 Å². The summed E-state index contributed by atoms with van der Waals surface area (Å²) in [6.45, 7) is 0. The summed E-state index contributed by atoms with van der Waals surface area (Å²) >= 11 is 0. The Morgan fingerprint density at radius 3 is 1.20 bits per heavy atom. The van der Waals surface area contributed by atoms with Crippen molar-refractivity contribution in [1.82, 2.24) is 0 Å². The molecule has 176 valence electrons. The molecule has 0 aliphatic heterocycles. The van der Waals surface area contributed by atoms with Crippen molar-refractivity contribution in [2.75, 3.05) is 10.6 Å². The van der Waals surface area contributed by atoms with Gasteiger partial charge in [0.15, 0.2) is 0 Å². The highest BCUT2D eigenvalue weighted by molar-refractivity contribution is 5.91. The number of nitrogens with one attached hydrogen (secondary N) is 2. The normalized spacial score (nSPS) is 10.5. The molecule has 0 unspecified atom stereocenters. The predicted octanol–water partition coefficient (Wildman–Crippen LogP) is 6.42. The maximum absolute atomic E-state index is 12.2. The SMILES string of the molecule is O=C(CCc1ccccc1)Nc1ccc(Cc2ccc(NC(=O)CCc3ccccc3)cc2)cc1. The summed E-state index contributed by atoms with van der Waals surface area (Å²) in [6, 6.07) is 36.0. The zero-order chi connectivity index (χ0) is 24.3. The third kappa shape index (κ3) is 7.97. The number of benzene rings is 4. The number of anilines is 2. The number of carbonyl (C=O) groups excluding carboxylic acids is 2. The second-order valence-electron chi connectivity index (χ2n) is 8.64. The van der Waals surface area contributed by atoms with Crippen molar-refractivity contribution in [2.24, 2.45) is 0 Å². The monoisotopic (exact) mass is 462 g/mol. The highest BCUT2D eigenvalue weighted by atomic mass is 16.2. The average Bonchev–Trinajstić information content (AvgIpc) is 2.90. The molecule has 0 aliphatic carbocycles. The van der Waals surface area contributed by atoms with Crippen LogP contribution in [0.4, 0.5) is 11.4 Å². The molecule has 4 aromatic carbocycles. The summed E-state index contributed by atoms with van der Waals surface area (Å²) < 4.78 is 0. The lowest BCUT2D eigenvalue weighted by Crippen LogP contribution is -2.12. The topological polar surface area (TPSA) is 58.2 Å². The highest BCUT2D eigenvalue weighted by Crippen LogP contribution is 2.17. The number of aryl methyl sites for hydroxylation is 2. The first-order chi connectivity index (χ1) is 17.1. The first-order valence-electron chi connectivity index (χ1n) is 12.0. The second kappa shape index (κ2) is 12.3. The molecule has 0 fully saturated rings. The molecule has 4 aromatic rings. The molecule has 0 atom stereocenters. The lowest BCUT2D eigenvalue weighted by atomic mass is 10.0. The molecule has 4 heteroatoms. The van der Waals surface area contributed by atoms with E-state index in [1.54, 1.807) is 0 Å². The van der Waals surface area contributed by atoms with E-state index in [0.29, 0.717) is 12.8 Å². The fraction of sp³-hybridized carbons (Fsp3) is 0.161. The van der Waals surface area contributed by atoms with Gasteiger partial charge in [0.25, 0.3) is 0 Å². The van der Waals surface area contributed by atoms with Crippen molar-refractivity contribution < 1.29 is 9.59 Å². The maximum atomic E-state index is 12.2. The average molecular weight is 463 g/mol. The third-order valence-corrected chi connectivity index (χ3v) is 5.85. The lowest BCUT2D eigenvalue weighted by molar-refractivity contribution is -0.117. The Kier molecular flexibility index (Phi) is 8.44. The molecule has 4 nitrogen and oxygen atoms in total. The zero-order valence-corrected chi connectivity index (χ0v) is 19.7. The molecule has 0 spiro atoms. The molecular formula is C31H30N2O2. The van der Waals surface area contributed by atoms with E-state index in [4.69, 9.17) is 0 Å². The Morgan fingerprint density at radius 2 is 0.829 bits per heavy atom. The largest absolute Gasteiger partial charge is 0.326 e. The Labute approximate surface area is 207 Å². The Balaban J connectivity index is 1.21. The summed E-state index contributed by atoms with van der Waals surface area (Å²) in [4.78, 5) is 24.5. The number of carbonyl (C=O) groups is 2. The van der Waals surface area contributed by atoms with Gasteiger partial charge in [0.05, 0.1) is 0 Å². The predicted molar refractivity (Wildman–Crippen MR) is 142 cm³/mol. The van der Waals surface area contributed by atoms with E-state index < -0.39 is 0 Å². The summed E-state index contributed by atoms with van der Waals surface area (Å²) in [7, 11) is 0. The quantitative estimate of drug-likeness (QED) is 0.286. The molecule has 35 heavy (non-hydrogen) atoms. The van der Waals surface area contributed by atoms with Crippen LogP contribution >= 0.6 is 0 Å². The molecule has 2 N–H and O–H groups in total. The van der Waals surface area contributed by atoms with Gasteiger partial charge in [-0.3, -0.25) is 9.59 Å². The molecule has 0 bridgehead atoms. The zero-order valence-electron chi connectivity index (χ0n) is 19.7. The number of rotatable bonds is 10. The highest BCUT2D eigenvalue weighted by Gasteiger charge is 2.06. The van der Waals surface area contributed by atoms with Crippen LogP contribution in [0, 0.1) is 0 Å². The Morgan fingerprint density at radius 1 is 0.457 bits per heavy atom. The first-order valence-corrected chi connectivity index (χ1v) is 12.0. The van der Waals surface area contributed by atoms with Crippen LogP contribution in [0.2, 0.25) is 0 Å². The number of hydrogen-bond acceptors (Lipinski definition) is 2. The minimum absolute atomic E-state index is 0.0167. The molecule has 0 radical (unpaired) electrons. The summed E-state index contributed by atoms with van der Waals surface area (Å²) in [5, 5.41) is 5.94. The van der Waals surface area contributed by atoms with Crippen LogP contribution in [-0.4, -0.2) is 11.8 Å². The van der Waals surface area contributed by atoms with Gasteiger partial charge in [0.2, 0.25) is 11.8 Å². The molecule has 0 saturated heterocycles. The van der Waals surface area contributed by atoms with Gasteiger partial charge in [0, 0.05) is 24.2 Å². The van der Waals surface area contributed by atoms with Gasteiger partial charge in [-0.2, -0.15) is 0 Å². The van der Waals surface area contributed by atoms with E-state index in [-0.39, 0.29) is 11.8 Å². The van der Waals surface area contributed by atoms with Crippen LogP contribution in [0.1, 0.15) is 35.1 Å². The van der Waals surface area contributed by atoms with Crippen LogP contribution in [-0.2, 0) is 28.9 Å². The molecule has 4 rings (SSSR count). The van der Waals surface area contributed by atoms with E-state index in [1.165, 1.54) is 0 Å². The summed E-state index contributed by atoms with van der Waals surface area (Å²) in [5.74, 6) is 0.0333. The van der Waals surface area contributed by atoms with Crippen molar-refractivity contribution in [1.29, 1.82) is 0 Å². The van der Waals surface area contributed by atoms with Gasteiger partial charge in [0.1, 0.15) is 0 Å². The van der Waals surface area contributed by atoms with Crippen LogP contribution in [0.5, 0.6) is 0 Å². The van der Waals surface area contributed by atoms with Crippen LogP contribution in [0.3, 0.4) is 0 Å². The number of hydrogen-bond donors (Lipinski definition) is 2. The van der Waals surface area contributed by atoms with Gasteiger partial charge in [-0.1, -0.05) is 84.9 Å². The Hall–Kier alpha value is -4.18. The minimum Gasteiger partial charge on any atom is -0.326 e. The van der Waals surface area contributed by atoms with Gasteiger partial charge in [-0.25, -0.2) is 0 Å². The molecule has 0 heterocycles. The van der Waals surface area contributed by atoms with Crippen molar-refractivity contribution in [2.45, 2.75) is 32.1 Å². The van der Waals surface area contributed by atoms with Crippen LogP contribution < -0.4 is 10.6 Å². The maximum Gasteiger partial charge on any atom is 0.224 e. The van der Waals surface area contributed by atoms with Crippen LogP contribution in [0.15, 0.2) is 109 Å². The van der Waals surface area contributed by atoms with Gasteiger partial charge < -0.3 is 10.6 Å². The first kappa shape index (κ1) is 24.0. The Bertz CT molecular complexity index is 1120. The van der Waals surface area contributed by atoms with Crippen molar-refractivity contribution in [3.8, 4) is 0 Å². The van der Waals surface area contributed by atoms with Crippen molar-refractivity contribution in [3.63, 3.8) is 0 Å². The molecule has 0 saturated carbocycles. The smallest absolute Gasteiger partial charge is 0.224 e. The molecule has 0 aliphatic rings. The van der Waals surface area contributed by atoms with Crippen molar-refractivity contribution >= 4 is 23.2 Å². The lowest BCUT2D eigenvalue weighted by Gasteiger charge is -2.09. The summed E-state index contributed by atoms with van der Waals surface area (Å²) in [5.41, 5.74) is 6.26. The second-order valence-corrected chi connectivity index (χ2v) is 8.64. The fourth-order valence-electron chi connectivity index (χ4n) is 3.90. The number of amides is 2. The van der Waals surface area contributed by atoms with E-state index in [9.17, 15) is 9.59 Å². The fourth-order valence-corrected chi connectivity index (χ4v) is 3.90. The standard InChI is InChI=1S/C31H30N2O2/c34-30(21-15-24-7-3-1-4-8-24)32-28-17-11-26(12-18-28)23-27-13-19-29(20-14-27)33-31(35)22-16-25-9-5-2-6-10-25/h1-14,17-20H,15-16,21-23H2,(H,32,34)(H,33,35). The van der Waals surface area contributed by atoms with Crippen LogP contribution in [0.25, 0.3) is 0 Å². The summed E-state index contributed by atoms with van der Waals surface area (Å²) in [6.07, 6.45) is 3.16. The van der Waals surface area contributed by atoms with Gasteiger partial charge in [-0.05, 0) is 65.8 Å². The van der Waals surface area contributed by atoms with Gasteiger partial charge >= 0.3 is 0 Å².